The zero-order valence-electron chi connectivity index (χ0n) is 9.97. The van der Waals surface area contributed by atoms with E-state index in [2.05, 4.69) is 17.2 Å². The maximum Gasteiger partial charge on any atom is 0.243 e. The van der Waals surface area contributed by atoms with Crippen molar-refractivity contribution in [1.82, 2.24) is 10.6 Å². The lowest BCUT2D eigenvalue weighted by atomic mass is 10.3. The lowest BCUT2D eigenvalue weighted by Gasteiger charge is -2.03. The van der Waals surface area contributed by atoms with E-state index < -0.39 is 0 Å². The van der Waals surface area contributed by atoms with Gasteiger partial charge < -0.3 is 5.32 Å². The van der Waals surface area contributed by atoms with E-state index in [1.165, 1.54) is 6.08 Å². The molecule has 0 saturated heterocycles. The van der Waals surface area contributed by atoms with Crippen LogP contribution in [0.4, 0.5) is 0 Å². The second-order valence-electron chi connectivity index (χ2n) is 3.61. The van der Waals surface area contributed by atoms with Crippen molar-refractivity contribution in [1.29, 1.82) is 0 Å². The normalized spacial score (nSPS) is 9.27. The minimum atomic E-state index is -0.0982. The van der Waals surface area contributed by atoms with E-state index in [1.54, 1.807) is 0 Å². The number of carbonyl (C=O) groups is 1. The highest BCUT2D eigenvalue weighted by Gasteiger charge is 1.98. The average Bonchev–Trinajstić information content (AvgIpc) is 2.22. The fourth-order valence-corrected chi connectivity index (χ4v) is 0.961. The summed E-state index contributed by atoms with van der Waals surface area (Å²) in [4.78, 5) is 10.8. The van der Waals surface area contributed by atoms with E-state index in [0.717, 1.165) is 25.2 Å². The molecule has 0 aliphatic heterocycles. The number of hydrogen-bond donors (Lipinski definition) is 2. The van der Waals surface area contributed by atoms with Crippen LogP contribution in [0, 0.1) is 0 Å². The molecule has 0 aromatic carbocycles. The second-order valence-corrected chi connectivity index (χ2v) is 3.61. The van der Waals surface area contributed by atoms with Gasteiger partial charge in [0.25, 0.3) is 0 Å². The molecule has 0 aromatic rings. The van der Waals surface area contributed by atoms with Crippen LogP contribution in [-0.4, -0.2) is 43.5 Å². The molecule has 0 spiro atoms. The fourth-order valence-electron chi connectivity index (χ4n) is 0.961. The zero-order chi connectivity index (χ0) is 11.7. The van der Waals surface area contributed by atoms with Crippen LogP contribution in [0.15, 0.2) is 12.7 Å². The Morgan fingerprint density at radius 3 is 2.27 bits per heavy atom. The molecule has 0 fully saturated rings. The van der Waals surface area contributed by atoms with Gasteiger partial charge in [-0.2, -0.15) is 0 Å². The van der Waals surface area contributed by atoms with Gasteiger partial charge in [-0.3, -0.25) is 14.7 Å². The Morgan fingerprint density at radius 1 is 1.27 bits per heavy atom. The van der Waals surface area contributed by atoms with Crippen molar-refractivity contribution in [2.75, 3.05) is 27.2 Å². The Morgan fingerprint density at radius 2 is 1.80 bits per heavy atom. The summed E-state index contributed by atoms with van der Waals surface area (Å²) in [6, 6.07) is 0. The van der Waals surface area contributed by atoms with Crippen molar-refractivity contribution in [2.24, 2.45) is 0 Å². The highest BCUT2D eigenvalue weighted by atomic mass is 16.1. The number of amides is 1. The number of carbonyl (C=O) groups excluding carboxylic acids is 1. The first-order chi connectivity index (χ1) is 7.07. The standard InChI is InChI=1S/C11H21N3O/c1-5-11(15)13-9-7-6-8-12-10(2)14(3)4/h5H,1,6-9H2,2-4H3,(H,13,15)/p+1. The Hall–Kier alpha value is -1.32. The van der Waals surface area contributed by atoms with Gasteiger partial charge in [0.2, 0.25) is 11.7 Å². The van der Waals surface area contributed by atoms with Crippen LogP contribution in [0.2, 0.25) is 0 Å². The predicted molar refractivity (Wildman–Crippen MR) is 63.2 cm³/mol. The molecule has 15 heavy (non-hydrogen) atoms. The number of unbranched alkanes of at least 4 members (excludes halogenated alkanes) is 1. The maximum atomic E-state index is 10.8. The van der Waals surface area contributed by atoms with Gasteiger partial charge in [0.15, 0.2) is 0 Å². The number of rotatable bonds is 6. The molecule has 0 bridgehead atoms. The monoisotopic (exact) mass is 212 g/mol. The van der Waals surface area contributed by atoms with Gasteiger partial charge in [0.05, 0.1) is 20.6 Å². The third-order valence-electron chi connectivity index (χ3n) is 2.14. The first kappa shape index (κ1) is 13.7. The molecule has 4 heteroatoms. The van der Waals surface area contributed by atoms with Crippen LogP contribution in [0.3, 0.4) is 0 Å². The van der Waals surface area contributed by atoms with Gasteiger partial charge in [-0.15, -0.1) is 0 Å². The molecule has 86 valence electrons. The van der Waals surface area contributed by atoms with Gasteiger partial charge in [-0.25, -0.2) is 0 Å². The molecule has 0 aromatic heterocycles. The summed E-state index contributed by atoms with van der Waals surface area (Å²) in [6.45, 7) is 7.08. The Balaban J connectivity index is 3.37. The van der Waals surface area contributed by atoms with E-state index in [-0.39, 0.29) is 5.91 Å². The van der Waals surface area contributed by atoms with Gasteiger partial charge in [-0.05, 0) is 18.9 Å². The molecule has 0 aliphatic rings. The summed E-state index contributed by atoms with van der Waals surface area (Å²) in [5.41, 5.74) is 0. The Labute approximate surface area is 92.1 Å². The highest BCUT2D eigenvalue weighted by Crippen LogP contribution is 1.85. The SMILES string of the molecule is C=CC(=O)NCCCCNC(C)=[N+](C)C. The Kier molecular flexibility index (Phi) is 7.32. The van der Waals surface area contributed by atoms with E-state index in [4.69, 9.17) is 0 Å². The van der Waals surface area contributed by atoms with E-state index in [0.29, 0.717) is 6.54 Å². The average molecular weight is 212 g/mol. The molecule has 0 radical (unpaired) electrons. The van der Waals surface area contributed by atoms with Gasteiger partial charge in [0, 0.05) is 13.5 Å². The first-order valence-electron chi connectivity index (χ1n) is 5.23. The van der Waals surface area contributed by atoms with Gasteiger partial charge in [0.1, 0.15) is 0 Å². The highest BCUT2D eigenvalue weighted by molar-refractivity contribution is 5.86. The van der Waals surface area contributed by atoms with Crippen molar-refractivity contribution in [3.05, 3.63) is 12.7 Å². The van der Waals surface area contributed by atoms with Crippen molar-refractivity contribution in [3.63, 3.8) is 0 Å². The summed E-state index contributed by atoms with van der Waals surface area (Å²) < 4.78 is 2.04. The predicted octanol–water partition coefficient (Wildman–Crippen LogP) is 0.349. The summed E-state index contributed by atoms with van der Waals surface area (Å²) in [6.07, 6.45) is 3.32. The largest absolute Gasteiger partial charge is 0.353 e. The molecule has 0 saturated carbocycles. The molecule has 4 nitrogen and oxygen atoms in total. The van der Waals surface area contributed by atoms with Crippen molar-refractivity contribution < 1.29 is 9.37 Å². The van der Waals surface area contributed by atoms with E-state index in [1.807, 2.05) is 25.6 Å². The summed E-state index contributed by atoms with van der Waals surface area (Å²) >= 11 is 0. The molecular formula is C11H22N3O+. The molecule has 0 atom stereocenters. The number of nitrogens with zero attached hydrogens (tertiary/aromatic N) is 1. The lowest BCUT2D eigenvalue weighted by Crippen LogP contribution is -2.29. The molecule has 0 aliphatic carbocycles. The number of nitrogens with one attached hydrogen (secondary N) is 2. The second kappa shape index (κ2) is 8.03. The van der Waals surface area contributed by atoms with Crippen LogP contribution < -0.4 is 10.6 Å². The van der Waals surface area contributed by atoms with Gasteiger partial charge in [-0.1, -0.05) is 6.58 Å². The number of amidine groups is 1. The molecule has 0 rings (SSSR count). The molecule has 0 unspecified atom stereocenters. The topological polar surface area (TPSA) is 44.1 Å². The minimum Gasteiger partial charge on any atom is -0.353 e. The minimum absolute atomic E-state index is 0.0982. The smallest absolute Gasteiger partial charge is 0.243 e. The van der Waals surface area contributed by atoms with Crippen LogP contribution in [0.25, 0.3) is 0 Å². The van der Waals surface area contributed by atoms with Crippen LogP contribution >= 0.6 is 0 Å². The maximum absolute atomic E-state index is 10.8. The van der Waals surface area contributed by atoms with Crippen LogP contribution in [-0.2, 0) is 4.79 Å². The Bertz CT molecular complexity index is 242. The summed E-state index contributed by atoms with van der Waals surface area (Å²) in [7, 11) is 4.01. The van der Waals surface area contributed by atoms with Crippen molar-refractivity contribution >= 4 is 11.7 Å². The van der Waals surface area contributed by atoms with Crippen molar-refractivity contribution in [2.45, 2.75) is 19.8 Å². The van der Waals surface area contributed by atoms with Crippen LogP contribution in [0.1, 0.15) is 19.8 Å². The zero-order valence-corrected chi connectivity index (χ0v) is 9.97. The number of hydrogen-bond acceptors (Lipinski definition) is 1. The summed E-state index contributed by atoms with van der Waals surface area (Å²) in [5, 5.41) is 6.04. The van der Waals surface area contributed by atoms with Crippen molar-refractivity contribution in [3.8, 4) is 0 Å². The van der Waals surface area contributed by atoms with Crippen LogP contribution in [0.5, 0.6) is 0 Å². The fraction of sp³-hybridized carbons (Fsp3) is 0.636. The van der Waals surface area contributed by atoms with E-state index in [9.17, 15) is 4.79 Å². The molecule has 0 heterocycles. The lowest BCUT2D eigenvalue weighted by molar-refractivity contribution is -0.467. The molecule has 2 N–H and O–H groups in total. The summed E-state index contributed by atoms with van der Waals surface area (Å²) in [5.74, 6) is 1.06. The third kappa shape index (κ3) is 7.73. The van der Waals surface area contributed by atoms with E-state index >= 15 is 0 Å². The first-order valence-corrected chi connectivity index (χ1v) is 5.23. The molecular weight excluding hydrogens is 190 g/mol. The molecule has 1 amide bonds. The van der Waals surface area contributed by atoms with Gasteiger partial charge >= 0.3 is 0 Å². The quantitative estimate of drug-likeness (QED) is 0.219. The third-order valence-corrected chi connectivity index (χ3v) is 2.14.